The number of nitrogens with zero attached hydrogens (tertiary/aromatic N) is 1. The van der Waals surface area contributed by atoms with Crippen molar-refractivity contribution in [2.75, 3.05) is 13.7 Å². The van der Waals surface area contributed by atoms with Gasteiger partial charge in [-0.05, 0) is 23.3 Å². The van der Waals surface area contributed by atoms with E-state index in [2.05, 4.69) is 4.72 Å². The van der Waals surface area contributed by atoms with E-state index in [4.69, 9.17) is 16.4 Å². The van der Waals surface area contributed by atoms with E-state index in [0.29, 0.717) is 5.02 Å². The summed E-state index contributed by atoms with van der Waals surface area (Å²) in [5.41, 5.74) is 1.73. The van der Waals surface area contributed by atoms with Crippen LogP contribution >= 0.6 is 11.6 Å². The van der Waals surface area contributed by atoms with Crippen molar-refractivity contribution in [3.05, 3.63) is 70.7 Å². The first-order valence-electron chi connectivity index (χ1n) is 7.61. The molecular formula is C17H19ClN2O3S. The molecule has 2 unspecified atom stereocenters. The lowest BCUT2D eigenvalue weighted by Gasteiger charge is -2.23. The molecule has 1 saturated heterocycles. The van der Waals surface area contributed by atoms with E-state index < -0.39 is 21.3 Å². The molecule has 0 spiro atoms. The molecule has 0 bridgehead atoms. The number of hydroxylamine groups is 2. The van der Waals surface area contributed by atoms with Gasteiger partial charge in [-0.1, -0.05) is 54.1 Å². The van der Waals surface area contributed by atoms with E-state index in [0.717, 1.165) is 11.1 Å². The van der Waals surface area contributed by atoms with Gasteiger partial charge in [-0.25, -0.2) is 13.1 Å². The zero-order valence-electron chi connectivity index (χ0n) is 13.2. The van der Waals surface area contributed by atoms with Crippen LogP contribution in [0.4, 0.5) is 0 Å². The van der Waals surface area contributed by atoms with Gasteiger partial charge in [-0.15, -0.1) is 0 Å². The van der Waals surface area contributed by atoms with Gasteiger partial charge in [0, 0.05) is 18.6 Å². The second-order valence-corrected chi connectivity index (χ2v) is 8.15. The highest BCUT2D eigenvalue weighted by Crippen LogP contribution is 2.34. The second kappa shape index (κ2) is 7.21. The third-order valence-electron chi connectivity index (χ3n) is 4.10. The predicted octanol–water partition coefficient (Wildman–Crippen LogP) is 2.75. The molecule has 1 heterocycles. The molecular weight excluding hydrogens is 348 g/mol. The van der Waals surface area contributed by atoms with Crippen molar-refractivity contribution < 1.29 is 13.3 Å². The molecule has 2 atom stereocenters. The van der Waals surface area contributed by atoms with Gasteiger partial charge in [0.15, 0.2) is 0 Å². The normalized spacial score (nSPS) is 21.9. The van der Waals surface area contributed by atoms with Gasteiger partial charge >= 0.3 is 0 Å². The van der Waals surface area contributed by atoms with Crippen molar-refractivity contribution in [1.82, 2.24) is 9.79 Å². The number of rotatable bonds is 5. The lowest BCUT2D eigenvalue weighted by Crippen LogP contribution is -2.39. The summed E-state index contributed by atoms with van der Waals surface area (Å²) in [7, 11) is -1.83. The SMILES string of the molecule is CN1OCC(S(=O)(=O)NCc2ccccc2)C1c1cccc(Cl)c1. The molecule has 3 rings (SSSR count). The van der Waals surface area contributed by atoms with Crippen LogP contribution in [0.5, 0.6) is 0 Å². The van der Waals surface area contributed by atoms with Crippen molar-refractivity contribution in [3.63, 3.8) is 0 Å². The van der Waals surface area contributed by atoms with Crippen LogP contribution in [0.15, 0.2) is 54.6 Å². The molecule has 24 heavy (non-hydrogen) atoms. The van der Waals surface area contributed by atoms with Gasteiger partial charge in [-0.2, -0.15) is 5.06 Å². The molecule has 1 N–H and O–H groups in total. The average molecular weight is 367 g/mol. The van der Waals surface area contributed by atoms with Crippen LogP contribution in [-0.4, -0.2) is 32.4 Å². The maximum absolute atomic E-state index is 12.8. The van der Waals surface area contributed by atoms with Crippen LogP contribution in [0.3, 0.4) is 0 Å². The van der Waals surface area contributed by atoms with Crippen LogP contribution in [-0.2, 0) is 21.4 Å². The summed E-state index contributed by atoms with van der Waals surface area (Å²) in [4.78, 5) is 5.48. The molecule has 128 valence electrons. The standard InChI is InChI=1S/C17H19ClN2O3S/c1-20-17(14-8-5-9-15(18)10-14)16(12-23-20)24(21,22)19-11-13-6-3-2-4-7-13/h2-10,16-17,19H,11-12H2,1H3. The van der Waals surface area contributed by atoms with E-state index >= 15 is 0 Å². The molecule has 2 aromatic carbocycles. The molecule has 5 nitrogen and oxygen atoms in total. The molecule has 0 aromatic heterocycles. The Morgan fingerprint density at radius 2 is 1.96 bits per heavy atom. The zero-order chi connectivity index (χ0) is 17.2. The van der Waals surface area contributed by atoms with Gasteiger partial charge < -0.3 is 0 Å². The minimum absolute atomic E-state index is 0.109. The molecule has 2 aromatic rings. The molecule has 1 aliphatic rings. The van der Waals surface area contributed by atoms with Gasteiger partial charge in [0.2, 0.25) is 10.0 Å². The lowest BCUT2D eigenvalue weighted by molar-refractivity contribution is -0.110. The minimum atomic E-state index is -3.56. The summed E-state index contributed by atoms with van der Waals surface area (Å²) < 4.78 is 28.2. The van der Waals surface area contributed by atoms with Crippen molar-refractivity contribution in [2.45, 2.75) is 17.8 Å². The van der Waals surface area contributed by atoms with Crippen molar-refractivity contribution in [2.24, 2.45) is 0 Å². The molecule has 1 fully saturated rings. The number of benzene rings is 2. The van der Waals surface area contributed by atoms with Crippen molar-refractivity contribution in [1.29, 1.82) is 0 Å². The van der Waals surface area contributed by atoms with Crippen LogP contribution in [0, 0.1) is 0 Å². The quantitative estimate of drug-likeness (QED) is 0.884. The Morgan fingerprint density at radius 1 is 1.21 bits per heavy atom. The number of nitrogens with one attached hydrogen (secondary N) is 1. The number of hydrogen-bond acceptors (Lipinski definition) is 4. The van der Waals surface area contributed by atoms with Crippen LogP contribution in [0.25, 0.3) is 0 Å². The summed E-state index contributed by atoms with van der Waals surface area (Å²) in [6.07, 6.45) is 0. The van der Waals surface area contributed by atoms with Crippen LogP contribution < -0.4 is 4.72 Å². The number of halogens is 1. The lowest BCUT2D eigenvalue weighted by atomic mass is 10.0. The number of hydrogen-bond donors (Lipinski definition) is 1. The Morgan fingerprint density at radius 3 is 2.67 bits per heavy atom. The third-order valence-corrected chi connectivity index (χ3v) is 6.07. The maximum Gasteiger partial charge on any atom is 0.219 e. The van der Waals surface area contributed by atoms with Crippen LogP contribution in [0.1, 0.15) is 17.2 Å². The highest BCUT2D eigenvalue weighted by atomic mass is 35.5. The van der Waals surface area contributed by atoms with Gasteiger partial charge in [0.05, 0.1) is 12.6 Å². The summed E-state index contributed by atoms with van der Waals surface area (Å²) in [5.74, 6) is 0. The Balaban J connectivity index is 1.80. The fourth-order valence-electron chi connectivity index (χ4n) is 2.86. The highest BCUT2D eigenvalue weighted by Gasteiger charge is 2.43. The van der Waals surface area contributed by atoms with Crippen molar-refractivity contribution >= 4 is 21.6 Å². The summed E-state index contributed by atoms with van der Waals surface area (Å²) in [5, 5.41) is 1.45. The number of sulfonamides is 1. The third kappa shape index (κ3) is 3.79. The zero-order valence-corrected chi connectivity index (χ0v) is 14.8. The van der Waals surface area contributed by atoms with Gasteiger partial charge in [0.1, 0.15) is 5.25 Å². The molecule has 0 radical (unpaired) electrons. The van der Waals surface area contributed by atoms with Crippen LogP contribution in [0.2, 0.25) is 5.02 Å². The van der Waals surface area contributed by atoms with E-state index in [-0.39, 0.29) is 13.2 Å². The van der Waals surface area contributed by atoms with Gasteiger partial charge in [-0.3, -0.25) is 4.84 Å². The topological polar surface area (TPSA) is 58.6 Å². The summed E-state index contributed by atoms with van der Waals surface area (Å²) in [6.45, 7) is 0.365. The molecule has 0 saturated carbocycles. The predicted molar refractivity (Wildman–Crippen MR) is 93.9 cm³/mol. The van der Waals surface area contributed by atoms with E-state index in [9.17, 15) is 8.42 Å². The molecule has 1 aliphatic heterocycles. The van der Waals surface area contributed by atoms with E-state index in [1.165, 1.54) is 0 Å². The Labute approximate surface area is 147 Å². The Bertz CT molecular complexity index is 798. The summed E-state index contributed by atoms with van der Waals surface area (Å²) in [6, 6.07) is 16.2. The maximum atomic E-state index is 12.8. The molecule has 0 amide bonds. The average Bonchev–Trinajstić information content (AvgIpc) is 2.97. The minimum Gasteiger partial charge on any atom is -0.297 e. The first-order chi connectivity index (χ1) is 11.5. The first-order valence-corrected chi connectivity index (χ1v) is 9.53. The Kier molecular flexibility index (Phi) is 5.22. The first kappa shape index (κ1) is 17.4. The molecule has 7 heteroatoms. The largest absolute Gasteiger partial charge is 0.297 e. The van der Waals surface area contributed by atoms with Gasteiger partial charge in [0.25, 0.3) is 0 Å². The Hall–Kier alpha value is -1.44. The summed E-state index contributed by atoms with van der Waals surface area (Å²) >= 11 is 6.05. The fraction of sp³-hybridized carbons (Fsp3) is 0.294. The monoisotopic (exact) mass is 366 g/mol. The fourth-order valence-corrected chi connectivity index (χ4v) is 4.55. The van der Waals surface area contributed by atoms with Crippen molar-refractivity contribution in [3.8, 4) is 0 Å². The van der Waals surface area contributed by atoms with E-state index in [1.807, 2.05) is 42.5 Å². The molecule has 0 aliphatic carbocycles. The smallest absolute Gasteiger partial charge is 0.219 e. The highest BCUT2D eigenvalue weighted by molar-refractivity contribution is 7.90. The second-order valence-electron chi connectivity index (χ2n) is 5.73. The van der Waals surface area contributed by atoms with E-state index in [1.54, 1.807) is 24.2 Å².